The van der Waals surface area contributed by atoms with Crippen LogP contribution in [0.4, 0.5) is 11.8 Å². The van der Waals surface area contributed by atoms with E-state index < -0.39 is 0 Å². The summed E-state index contributed by atoms with van der Waals surface area (Å²) in [4.78, 5) is 8.89. The predicted molar refractivity (Wildman–Crippen MR) is 87.6 cm³/mol. The highest BCUT2D eigenvalue weighted by molar-refractivity contribution is 5.39. The summed E-state index contributed by atoms with van der Waals surface area (Å²) in [6, 6.07) is 0. The molecule has 2 aliphatic heterocycles. The van der Waals surface area contributed by atoms with Gasteiger partial charge in [0.05, 0.1) is 19.4 Å². The molecule has 0 aliphatic carbocycles. The zero-order valence-electron chi connectivity index (χ0n) is 14.0. The second kappa shape index (κ2) is 7.37. The molecule has 0 saturated carbocycles. The lowest BCUT2D eigenvalue weighted by Crippen LogP contribution is -2.45. The molecule has 2 fully saturated rings. The molecule has 2 saturated heterocycles. The average molecular weight is 322 g/mol. The Morgan fingerprint density at radius 2 is 2.00 bits per heavy atom. The maximum Gasteiger partial charge on any atom is 0.247 e. The van der Waals surface area contributed by atoms with Gasteiger partial charge in [-0.05, 0) is 27.1 Å². The summed E-state index contributed by atoms with van der Waals surface area (Å²) in [6.07, 6.45) is 4.43. The summed E-state index contributed by atoms with van der Waals surface area (Å²) in [5.74, 6) is 1.09. The average Bonchev–Trinajstić information content (AvgIpc) is 3.01. The molecule has 0 bridgehead atoms. The maximum atomic E-state index is 5.75. The molecule has 3 rings (SSSR count). The van der Waals surface area contributed by atoms with Gasteiger partial charge in [-0.3, -0.25) is 0 Å². The second-order valence-electron chi connectivity index (χ2n) is 6.32. The third-order valence-electron chi connectivity index (χ3n) is 4.26. The standard InChI is InChI=1S/C15H26N6O2/c1-20(2)7-3-6-16-13-12-17-19-14(18-13)21-8-4-15(5-9-21)22-10-11-23-15/h12H,3-11H2,1-2H3,(H,16,18,19). The number of nitrogens with zero attached hydrogens (tertiary/aromatic N) is 5. The van der Waals surface area contributed by atoms with Crippen LogP contribution in [-0.4, -0.2) is 79.4 Å². The maximum absolute atomic E-state index is 5.75. The van der Waals surface area contributed by atoms with Gasteiger partial charge in [0.15, 0.2) is 11.6 Å². The Balaban J connectivity index is 1.51. The van der Waals surface area contributed by atoms with Gasteiger partial charge in [-0.25, -0.2) is 0 Å². The number of piperidine rings is 1. The highest BCUT2D eigenvalue weighted by Crippen LogP contribution is 2.32. The molecule has 3 heterocycles. The van der Waals surface area contributed by atoms with Crippen molar-refractivity contribution in [2.45, 2.75) is 25.0 Å². The summed E-state index contributed by atoms with van der Waals surface area (Å²) in [5.41, 5.74) is 0. The van der Waals surface area contributed by atoms with E-state index in [2.05, 4.69) is 44.4 Å². The fraction of sp³-hybridized carbons (Fsp3) is 0.800. The van der Waals surface area contributed by atoms with Crippen molar-refractivity contribution >= 4 is 11.8 Å². The van der Waals surface area contributed by atoms with Crippen LogP contribution in [0.15, 0.2) is 6.20 Å². The summed E-state index contributed by atoms with van der Waals surface area (Å²) in [6.45, 7) is 4.97. The number of ether oxygens (including phenoxy) is 2. The number of rotatable bonds is 6. The first-order chi connectivity index (χ1) is 11.2. The number of hydrogen-bond acceptors (Lipinski definition) is 8. The zero-order chi connectivity index (χ0) is 16.1. The molecular weight excluding hydrogens is 296 g/mol. The fourth-order valence-electron chi connectivity index (χ4n) is 2.96. The Labute approximate surface area is 137 Å². The van der Waals surface area contributed by atoms with E-state index >= 15 is 0 Å². The molecule has 0 radical (unpaired) electrons. The monoisotopic (exact) mass is 322 g/mol. The van der Waals surface area contributed by atoms with E-state index in [-0.39, 0.29) is 5.79 Å². The number of aromatic nitrogens is 3. The van der Waals surface area contributed by atoms with Gasteiger partial charge in [0, 0.05) is 32.5 Å². The lowest BCUT2D eigenvalue weighted by Gasteiger charge is -2.37. The minimum Gasteiger partial charge on any atom is -0.369 e. The Hall–Kier alpha value is -1.51. The fourth-order valence-corrected chi connectivity index (χ4v) is 2.96. The summed E-state index contributed by atoms with van der Waals surface area (Å²) in [5, 5.41) is 11.6. The molecule has 2 aliphatic rings. The van der Waals surface area contributed by atoms with Crippen LogP contribution >= 0.6 is 0 Å². The first-order valence-corrected chi connectivity index (χ1v) is 8.28. The van der Waals surface area contributed by atoms with E-state index in [0.717, 1.165) is 51.3 Å². The van der Waals surface area contributed by atoms with Crippen LogP contribution in [-0.2, 0) is 9.47 Å². The van der Waals surface area contributed by atoms with E-state index in [1.807, 2.05) is 0 Å². The Bertz CT molecular complexity index is 496. The number of hydrogen-bond donors (Lipinski definition) is 1. The first-order valence-electron chi connectivity index (χ1n) is 8.28. The molecule has 0 atom stereocenters. The van der Waals surface area contributed by atoms with Gasteiger partial charge in [0.1, 0.15) is 0 Å². The third kappa shape index (κ3) is 4.27. The van der Waals surface area contributed by atoms with E-state index in [0.29, 0.717) is 19.2 Å². The van der Waals surface area contributed by atoms with Crippen LogP contribution in [0.5, 0.6) is 0 Å². The van der Waals surface area contributed by atoms with Crippen LogP contribution in [0.1, 0.15) is 19.3 Å². The van der Waals surface area contributed by atoms with Crippen molar-refractivity contribution < 1.29 is 9.47 Å². The second-order valence-corrected chi connectivity index (χ2v) is 6.32. The normalized spacial score (nSPS) is 20.4. The van der Waals surface area contributed by atoms with E-state index in [1.165, 1.54) is 0 Å². The van der Waals surface area contributed by atoms with Crippen LogP contribution in [0.25, 0.3) is 0 Å². The minimum atomic E-state index is -0.369. The van der Waals surface area contributed by atoms with Gasteiger partial charge in [0.25, 0.3) is 0 Å². The predicted octanol–water partition coefficient (Wildman–Crippen LogP) is 0.579. The van der Waals surface area contributed by atoms with Crippen LogP contribution in [0.3, 0.4) is 0 Å². The summed E-state index contributed by atoms with van der Waals surface area (Å²) >= 11 is 0. The first kappa shape index (κ1) is 16.4. The van der Waals surface area contributed by atoms with Crippen molar-refractivity contribution in [2.75, 3.05) is 63.7 Å². The SMILES string of the molecule is CN(C)CCCNc1cnnc(N2CCC3(CC2)OCCO3)n1. The van der Waals surface area contributed by atoms with Gasteiger partial charge >= 0.3 is 0 Å². The van der Waals surface area contributed by atoms with Crippen molar-refractivity contribution in [3.63, 3.8) is 0 Å². The molecule has 1 spiro atoms. The molecular formula is C15H26N6O2. The largest absolute Gasteiger partial charge is 0.369 e. The molecule has 0 aromatic carbocycles. The van der Waals surface area contributed by atoms with Crippen LogP contribution < -0.4 is 10.2 Å². The van der Waals surface area contributed by atoms with Crippen molar-refractivity contribution in [1.82, 2.24) is 20.1 Å². The molecule has 0 amide bonds. The Morgan fingerprint density at radius 3 is 2.70 bits per heavy atom. The van der Waals surface area contributed by atoms with Crippen molar-refractivity contribution in [3.8, 4) is 0 Å². The molecule has 23 heavy (non-hydrogen) atoms. The molecule has 1 aromatic heterocycles. The van der Waals surface area contributed by atoms with Crippen molar-refractivity contribution in [3.05, 3.63) is 6.20 Å². The van der Waals surface area contributed by atoms with Crippen LogP contribution in [0, 0.1) is 0 Å². The molecule has 128 valence electrons. The molecule has 1 N–H and O–H groups in total. The topological polar surface area (TPSA) is 75.6 Å². The molecule has 1 aromatic rings. The van der Waals surface area contributed by atoms with E-state index in [4.69, 9.17) is 9.47 Å². The zero-order valence-corrected chi connectivity index (χ0v) is 14.0. The highest BCUT2D eigenvalue weighted by atomic mass is 16.7. The number of nitrogens with one attached hydrogen (secondary N) is 1. The lowest BCUT2D eigenvalue weighted by molar-refractivity contribution is -0.169. The Morgan fingerprint density at radius 1 is 1.26 bits per heavy atom. The number of anilines is 2. The van der Waals surface area contributed by atoms with Crippen molar-refractivity contribution in [1.29, 1.82) is 0 Å². The van der Waals surface area contributed by atoms with Gasteiger partial charge in [-0.15, -0.1) is 5.10 Å². The van der Waals surface area contributed by atoms with Gasteiger partial charge in [-0.1, -0.05) is 0 Å². The lowest BCUT2D eigenvalue weighted by atomic mass is 10.0. The minimum absolute atomic E-state index is 0.369. The van der Waals surface area contributed by atoms with E-state index in [9.17, 15) is 0 Å². The van der Waals surface area contributed by atoms with E-state index in [1.54, 1.807) is 6.20 Å². The summed E-state index contributed by atoms with van der Waals surface area (Å²) < 4.78 is 11.5. The van der Waals surface area contributed by atoms with Gasteiger partial charge in [0.2, 0.25) is 5.95 Å². The van der Waals surface area contributed by atoms with Crippen LogP contribution in [0.2, 0.25) is 0 Å². The molecule has 8 nitrogen and oxygen atoms in total. The smallest absolute Gasteiger partial charge is 0.247 e. The quantitative estimate of drug-likeness (QED) is 0.762. The van der Waals surface area contributed by atoms with Gasteiger partial charge < -0.3 is 24.6 Å². The molecule has 0 unspecified atom stereocenters. The van der Waals surface area contributed by atoms with Crippen molar-refractivity contribution in [2.24, 2.45) is 0 Å². The van der Waals surface area contributed by atoms with Gasteiger partial charge in [-0.2, -0.15) is 10.1 Å². The Kier molecular flexibility index (Phi) is 5.24. The third-order valence-corrected chi connectivity index (χ3v) is 4.26. The highest BCUT2D eigenvalue weighted by Gasteiger charge is 2.40. The summed E-state index contributed by atoms with van der Waals surface area (Å²) in [7, 11) is 4.15. The molecule has 8 heteroatoms.